The number of ether oxygens (including phenoxy) is 1. The van der Waals surface area contributed by atoms with Crippen molar-refractivity contribution >= 4 is 27.5 Å². The second kappa shape index (κ2) is 6.31. The third-order valence-corrected chi connectivity index (χ3v) is 3.52. The summed E-state index contributed by atoms with van der Waals surface area (Å²) in [5.74, 6) is -0.102. The van der Waals surface area contributed by atoms with Crippen LogP contribution in [0.25, 0.3) is 0 Å². The molecule has 1 aliphatic heterocycles. The first-order valence-electron chi connectivity index (χ1n) is 6.08. The van der Waals surface area contributed by atoms with E-state index in [0.29, 0.717) is 13.2 Å². The smallest absolute Gasteiger partial charge is 0.231 e. The quantitative estimate of drug-likeness (QED) is 0.894. The average Bonchev–Trinajstić information content (AvgIpc) is 2.81. The van der Waals surface area contributed by atoms with Crippen LogP contribution in [0.5, 0.6) is 0 Å². The van der Waals surface area contributed by atoms with E-state index < -0.39 is 0 Å². The second-order valence-electron chi connectivity index (χ2n) is 4.30. The molecule has 1 aliphatic rings. The molecule has 1 saturated heterocycles. The summed E-state index contributed by atoms with van der Waals surface area (Å²) in [7, 11) is 0. The molecule has 5 heteroatoms. The normalized spacial score (nSPS) is 23.0. The maximum absolute atomic E-state index is 12.1. The van der Waals surface area contributed by atoms with Gasteiger partial charge in [-0.25, -0.2) is 0 Å². The monoisotopic (exact) mass is 312 g/mol. The fourth-order valence-electron chi connectivity index (χ4n) is 2.04. The zero-order chi connectivity index (χ0) is 13.0. The van der Waals surface area contributed by atoms with Crippen LogP contribution < -0.4 is 10.6 Å². The van der Waals surface area contributed by atoms with E-state index in [-0.39, 0.29) is 17.9 Å². The SMILES string of the molecule is CCNC1COCC1C(=O)Nc1ccc(Br)cc1. The van der Waals surface area contributed by atoms with Crippen molar-refractivity contribution < 1.29 is 9.53 Å². The Balaban J connectivity index is 1.96. The van der Waals surface area contributed by atoms with E-state index in [1.165, 1.54) is 0 Å². The second-order valence-corrected chi connectivity index (χ2v) is 5.22. The predicted molar refractivity (Wildman–Crippen MR) is 74.5 cm³/mol. The average molecular weight is 313 g/mol. The standard InChI is InChI=1S/C13H17BrN2O2/c1-2-15-12-8-18-7-11(12)13(17)16-10-5-3-9(14)4-6-10/h3-6,11-12,15H,2,7-8H2,1H3,(H,16,17). The van der Waals surface area contributed by atoms with Gasteiger partial charge in [-0.05, 0) is 30.8 Å². The third kappa shape index (κ3) is 3.31. The van der Waals surface area contributed by atoms with Crippen molar-refractivity contribution in [2.45, 2.75) is 13.0 Å². The molecular weight excluding hydrogens is 296 g/mol. The molecule has 0 aliphatic carbocycles. The van der Waals surface area contributed by atoms with Crippen molar-refractivity contribution in [1.29, 1.82) is 0 Å². The summed E-state index contributed by atoms with van der Waals surface area (Å²) < 4.78 is 6.36. The van der Waals surface area contributed by atoms with Gasteiger partial charge in [-0.3, -0.25) is 4.79 Å². The zero-order valence-corrected chi connectivity index (χ0v) is 11.9. The summed E-state index contributed by atoms with van der Waals surface area (Å²) in [4.78, 5) is 12.1. The van der Waals surface area contributed by atoms with E-state index in [4.69, 9.17) is 4.74 Å². The molecule has 0 spiro atoms. The first-order valence-corrected chi connectivity index (χ1v) is 6.87. The van der Waals surface area contributed by atoms with Gasteiger partial charge in [0.2, 0.25) is 5.91 Å². The highest BCUT2D eigenvalue weighted by atomic mass is 79.9. The van der Waals surface area contributed by atoms with Crippen molar-refractivity contribution in [3.63, 3.8) is 0 Å². The minimum absolute atomic E-state index is 0.0146. The van der Waals surface area contributed by atoms with Gasteiger partial charge in [0.25, 0.3) is 0 Å². The van der Waals surface area contributed by atoms with Crippen LogP contribution in [-0.4, -0.2) is 31.7 Å². The Hall–Kier alpha value is -0.910. The van der Waals surface area contributed by atoms with Gasteiger partial charge in [0.05, 0.1) is 19.1 Å². The molecule has 98 valence electrons. The molecule has 2 N–H and O–H groups in total. The van der Waals surface area contributed by atoms with Crippen molar-refractivity contribution in [3.05, 3.63) is 28.7 Å². The molecule has 1 aromatic carbocycles. The van der Waals surface area contributed by atoms with Crippen LogP contribution in [0.2, 0.25) is 0 Å². The lowest BCUT2D eigenvalue weighted by molar-refractivity contribution is -0.120. The summed E-state index contributed by atoms with van der Waals surface area (Å²) in [6, 6.07) is 7.68. The fourth-order valence-corrected chi connectivity index (χ4v) is 2.31. The van der Waals surface area contributed by atoms with Crippen LogP contribution in [0.3, 0.4) is 0 Å². The van der Waals surface area contributed by atoms with Gasteiger partial charge < -0.3 is 15.4 Å². The topological polar surface area (TPSA) is 50.4 Å². The van der Waals surface area contributed by atoms with Gasteiger partial charge in [0, 0.05) is 16.2 Å². The summed E-state index contributed by atoms with van der Waals surface area (Å²) in [6.45, 7) is 3.96. The van der Waals surface area contributed by atoms with Gasteiger partial charge in [-0.2, -0.15) is 0 Å². The Bertz CT molecular complexity index is 408. The molecule has 1 aromatic rings. The number of carbonyl (C=O) groups is 1. The van der Waals surface area contributed by atoms with Crippen molar-refractivity contribution in [1.82, 2.24) is 5.32 Å². The summed E-state index contributed by atoms with van der Waals surface area (Å²) in [5.41, 5.74) is 0.811. The molecule has 0 saturated carbocycles. The molecule has 18 heavy (non-hydrogen) atoms. The number of halogens is 1. The van der Waals surface area contributed by atoms with E-state index in [9.17, 15) is 4.79 Å². The number of amides is 1. The van der Waals surface area contributed by atoms with Gasteiger partial charge in [0.15, 0.2) is 0 Å². The molecule has 2 unspecified atom stereocenters. The molecule has 0 aromatic heterocycles. The third-order valence-electron chi connectivity index (χ3n) is 3.00. The molecule has 0 radical (unpaired) electrons. The number of benzene rings is 1. The lowest BCUT2D eigenvalue weighted by atomic mass is 10.0. The summed E-state index contributed by atoms with van der Waals surface area (Å²) in [5, 5.41) is 6.20. The largest absolute Gasteiger partial charge is 0.379 e. The Kier molecular flexibility index (Phi) is 4.74. The predicted octanol–water partition coefficient (Wildman–Crippen LogP) is 2.01. The van der Waals surface area contributed by atoms with Crippen LogP contribution in [0.15, 0.2) is 28.7 Å². The molecule has 1 amide bonds. The Labute approximate surface area is 115 Å². The molecule has 1 heterocycles. The number of likely N-dealkylation sites (N-methyl/N-ethyl adjacent to an activating group) is 1. The first kappa shape index (κ1) is 13.5. The highest BCUT2D eigenvalue weighted by molar-refractivity contribution is 9.10. The van der Waals surface area contributed by atoms with Crippen molar-refractivity contribution in [3.8, 4) is 0 Å². The van der Waals surface area contributed by atoms with Crippen LogP contribution >= 0.6 is 15.9 Å². The van der Waals surface area contributed by atoms with E-state index >= 15 is 0 Å². The van der Waals surface area contributed by atoms with Crippen LogP contribution in [0.4, 0.5) is 5.69 Å². The maximum Gasteiger partial charge on any atom is 0.231 e. The van der Waals surface area contributed by atoms with E-state index in [0.717, 1.165) is 16.7 Å². The lowest BCUT2D eigenvalue weighted by Gasteiger charge is -2.17. The highest BCUT2D eigenvalue weighted by Gasteiger charge is 2.33. The Morgan fingerprint density at radius 2 is 2.11 bits per heavy atom. The highest BCUT2D eigenvalue weighted by Crippen LogP contribution is 2.18. The number of carbonyl (C=O) groups excluding carboxylic acids is 1. The number of nitrogens with one attached hydrogen (secondary N) is 2. The first-order chi connectivity index (χ1) is 8.70. The van der Waals surface area contributed by atoms with E-state index in [1.54, 1.807) is 0 Å². The molecule has 2 rings (SSSR count). The molecule has 0 bridgehead atoms. The molecule has 1 fully saturated rings. The summed E-state index contributed by atoms with van der Waals surface area (Å²) in [6.07, 6.45) is 0. The van der Waals surface area contributed by atoms with Crippen LogP contribution in [0, 0.1) is 5.92 Å². The van der Waals surface area contributed by atoms with Crippen LogP contribution in [-0.2, 0) is 9.53 Å². The maximum atomic E-state index is 12.1. The molecular formula is C13H17BrN2O2. The lowest BCUT2D eigenvalue weighted by Crippen LogP contribution is -2.41. The molecule has 4 nitrogen and oxygen atoms in total. The van der Waals surface area contributed by atoms with Crippen LogP contribution in [0.1, 0.15) is 6.92 Å². The van der Waals surface area contributed by atoms with Gasteiger partial charge in [0.1, 0.15) is 0 Å². The number of hydrogen-bond acceptors (Lipinski definition) is 3. The minimum atomic E-state index is -0.117. The molecule has 2 atom stereocenters. The van der Waals surface area contributed by atoms with Crippen molar-refractivity contribution in [2.24, 2.45) is 5.92 Å². The van der Waals surface area contributed by atoms with E-state index in [1.807, 2.05) is 31.2 Å². The van der Waals surface area contributed by atoms with Gasteiger partial charge >= 0.3 is 0 Å². The summed E-state index contributed by atoms with van der Waals surface area (Å²) >= 11 is 3.37. The minimum Gasteiger partial charge on any atom is -0.379 e. The van der Waals surface area contributed by atoms with Gasteiger partial charge in [-0.15, -0.1) is 0 Å². The number of rotatable bonds is 4. The Morgan fingerprint density at radius 3 is 2.78 bits per heavy atom. The van der Waals surface area contributed by atoms with Crippen molar-refractivity contribution in [2.75, 3.05) is 25.1 Å². The fraction of sp³-hybridized carbons (Fsp3) is 0.462. The van der Waals surface area contributed by atoms with E-state index in [2.05, 4.69) is 26.6 Å². The zero-order valence-electron chi connectivity index (χ0n) is 10.3. The number of hydrogen-bond donors (Lipinski definition) is 2. The Morgan fingerprint density at radius 1 is 1.39 bits per heavy atom. The van der Waals surface area contributed by atoms with Gasteiger partial charge in [-0.1, -0.05) is 22.9 Å². The number of anilines is 1.